The van der Waals surface area contributed by atoms with Gasteiger partial charge in [0.2, 0.25) is 0 Å². The van der Waals surface area contributed by atoms with Gasteiger partial charge in [0, 0.05) is 0 Å². The molecule has 0 heterocycles. The smallest absolute Gasteiger partial charge is 0.328 e. The summed E-state index contributed by atoms with van der Waals surface area (Å²) in [5.74, 6) is -0.494. The number of nitriles is 1. The third-order valence-electron chi connectivity index (χ3n) is 2.45. The Morgan fingerprint density at radius 3 is 2.29 bits per heavy atom. The predicted molar refractivity (Wildman–Crippen MR) is 62.8 cm³/mol. The number of ether oxygens (including phenoxy) is 1. The summed E-state index contributed by atoms with van der Waals surface area (Å²) < 4.78 is 5.45. The van der Waals surface area contributed by atoms with Gasteiger partial charge in [-0.25, -0.2) is 0 Å². The predicted octanol–water partition coefficient (Wildman–Crippen LogP) is 2.34. The molecular weight excluding hydrogens is 218 g/mol. The average Bonchev–Trinajstić information content (AvgIpc) is 2.28. The van der Waals surface area contributed by atoms with E-state index in [0.717, 1.165) is 0 Å². The molecule has 4 nitrogen and oxygen atoms in total. The number of carboxylic acids is 1. The fraction of sp³-hybridized carbons (Fsp3) is 0.385. The first-order valence-electron chi connectivity index (χ1n) is 5.32. The van der Waals surface area contributed by atoms with E-state index in [1.807, 2.05) is 19.9 Å². The van der Waals surface area contributed by atoms with Crippen LogP contribution in [0.2, 0.25) is 0 Å². The first kappa shape index (κ1) is 13.0. The summed E-state index contributed by atoms with van der Waals surface area (Å²) in [6, 6.07) is 8.38. The van der Waals surface area contributed by atoms with E-state index in [-0.39, 0.29) is 6.10 Å². The minimum absolute atomic E-state index is 0.0580. The van der Waals surface area contributed by atoms with Crippen molar-refractivity contribution in [2.24, 2.45) is 0 Å². The lowest BCUT2D eigenvalue weighted by atomic mass is 9.84. The van der Waals surface area contributed by atoms with Crippen LogP contribution in [0.4, 0.5) is 0 Å². The van der Waals surface area contributed by atoms with Crippen molar-refractivity contribution in [3.63, 3.8) is 0 Å². The second kappa shape index (κ2) is 4.88. The third kappa shape index (κ3) is 2.76. The summed E-state index contributed by atoms with van der Waals surface area (Å²) in [6.07, 6.45) is 0.0580. The summed E-state index contributed by atoms with van der Waals surface area (Å²) in [4.78, 5) is 11.1. The normalized spacial score (nSPS) is 13.8. The van der Waals surface area contributed by atoms with Crippen LogP contribution in [0.25, 0.3) is 0 Å². The largest absolute Gasteiger partial charge is 0.491 e. The van der Waals surface area contributed by atoms with E-state index in [0.29, 0.717) is 11.3 Å². The molecular formula is C13H15NO3. The molecule has 17 heavy (non-hydrogen) atoms. The van der Waals surface area contributed by atoms with Gasteiger partial charge in [0.15, 0.2) is 5.41 Å². The van der Waals surface area contributed by atoms with Gasteiger partial charge in [-0.1, -0.05) is 12.1 Å². The Labute approximate surface area is 100 Å². The van der Waals surface area contributed by atoms with Crippen LogP contribution in [0.15, 0.2) is 24.3 Å². The van der Waals surface area contributed by atoms with Gasteiger partial charge < -0.3 is 9.84 Å². The Morgan fingerprint density at radius 1 is 1.41 bits per heavy atom. The van der Waals surface area contributed by atoms with Crippen molar-refractivity contribution in [2.75, 3.05) is 0 Å². The number of aliphatic carboxylic acids is 1. The minimum atomic E-state index is -1.52. The zero-order chi connectivity index (χ0) is 13.1. The van der Waals surface area contributed by atoms with Crippen LogP contribution in [0.1, 0.15) is 26.3 Å². The molecule has 0 spiro atoms. The molecule has 4 heteroatoms. The first-order valence-corrected chi connectivity index (χ1v) is 5.32. The van der Waals surface area contributed by atoms with Crippen LogP contribution in [0.5, 0.6) is 5.75 Å². The number of carboxylic acid groups (broad SMARTS) is 1. The van der Waals surface area contributed by atoms with E-state index in [1.165, 1.54) is 6.92 Å². The minimum Gasteiger partial charge on any atom is -0.491 e. The number of hydrogen-bond acceptors (Lipinski definition) is 3. The van der Waals surface area contributed by atoms with E-state index in [4.69, 9.17) is 15.1 Å². The molecule has 0 aliphatic carbocycles. The molecule has 1 rings (SSSR count). The SMILES string of the molecule is CC(C)Oc1ccc(C(C)(C#N)C(=O)O)cc1. The molecule has 1 N–H and O–H groups in total. The lowest BCUT2D eigenvalue weighted by molar-refractivity contribution is -0.141. The van der Waals surface area contributed by atoms with Crippen molar-refractivity contribution >= 4 is 5.97 Å². The van der Waals surface area contributed by atoms with Crippen molar-refractivity contribution in [3.8, 4) is 11.8 Å². The number of rotatable bonds is 4. The lowest BCUT2D eigenvalue weighted by Crippen LogP contribution is -2.30. The maximum absolute atomic E-state index is 11.1. The lowest BCUT2D eigenvalue weighted by Gasteiger charge is -2.17. The Hall–Kier alpha value is -2.02. The van der Waals surface area contributed by atoms with Gasteiger partial charge in [0.25, 0.3) is 0 Å². The molecule has 0 fully saturated rings. The van der Waals surface area contributed by atoms with Crippen molar-refractivity contribution in [1.82, 2.24) is 0 Å². The van der Waals surface area contributed by atoms with Gasteiger partial charge in [0.05, 0.1) is 12.2 Å². The van der Waals surface area contributed by atoms with E-state index in [9.17, 15) is 4.79 Å². The highest BCUT2D eigenvalue weighted by Crippen LogP contribution is 2.25. The highest BCUT2D eigenvalue weighted by molar-refractivity contribution is 5.84. The summed E-state index contributed by atoms with van der Waals surface area (Å²) in [5, 5.41) is 18.0. The summed E-state index contributed by atoms with van der Waals surface area (Å²) in [5.41, 5.74) is -1.07. The van der Waals surface area contributed by atoms with E-state index in [1.54, 1.807) is 24.3 Å². The van der Waals surface area contributed by atoms with E-state index < -0.39 is 11.4 Å². The molecule has 1 unspecified atom stereocenters. The van der Waals surface area contributed by atoms with Crippen LogP contribution < -0.4 is 4.74 Å². The molecule has 1 aromatic rings. The molecule has 0 aliphatic rings. The summed E-state index contributed by atoms with van der Waals surface area (Å²) in [6.45, 7) is 5.20. The fourth-order valence-corrected chi connectivity index (χ4v) is 1.37. The number of nitrogens with zero attached hydrogens (tertiary/aromatic N) is 1. The average molecular weight is 233 g/mol. The quantitative estimate of drug-likeness (QED) is 0.866. The number of hydrogen-bond donors (Lipinski definition) is 1. The number of carbonyl (C=O) groups is 1. The second-order valence-corrected chi connectivity index (χ2v) is 4.23. The fourth-order valence-electron chi connectivity index (χ4n) is 1.37. The molecule has 0 amide bonds. The van der Waals surface area contributed by atoms with Gasteiger partial charge in [-0.3, -0.25) is 4.79 Å². The summed E-state index contributed by atoms with van der Waals surface area (Å²) in [7, 11) is 0. The third-order valence-corrected chi connectivity index (χ3v) is 2.45. The van der Waals surface area contributed by atoms with Crippen LogP contribution in [0, 0.1) is 11.3 Å². The molecule has 0 radical (unpaired) electrons. The van der Waals surface area contributed by atoms with Gasteiger partial charge in [-0.15, -0.1) is 0 Å². The molecule has 0 bridgehead atoms. The topological polar surface area (TPSA) is 70.3 Å². The van der Waals surface area contributed by atoms with Crippen molar-refractivity contribution < 1.29 is 14.6 Å². The van der Waals surface area contributed by atoms with Gasteiger partial charge >= 0.3 is 5.97 Å². The van der Waals surface area contributed by atoms with Gasteiger partial charge in [-0.05, 0) is 38.5 Å². The standard InChI is InChI=1S/C13H15NO3/c1-9(2)17-11-6-4-10(5-7-11)13(3,8-14)12(15)16/h4-7,9H,1-3H3,(H,15,16). The highest BCUT2D eigenvalue weighted by Gasteiger charge is 2.35. The Kier molecular flexibility index (Phi) is 3.74. The van der Waals surface area contributed by atoms with Crippen molar-refractivity contribution in [2.45, 2.75) is 32.3 Å². The van der Waals surface area contributed by atoms with Gasteiger partial charge in [-0.2, -0.15) is 5.26 Å². The molecule has 90 valence electrons. The van der Waals surface area contributed by atoms with Crippen LogP contribution in [-0.4, -0.2) is 17.2 Å². The molecule has 1 atom stereocenters. The summed E-state index contributed by atoms with van der Waals surface area (Å²) >= 11 is 0. The van der Waals surface area contributed by atoms with Crippen molar-refractivity contribution in [3.05, 3.63) is 29.8 Å². The Balaban J connectivity index is 3.02. The monoisotopic (exact) mass is 233 g/mol. The van der Waals surface area contributed by atoms with Crippen LogP contribution in [0.3, 0.4) is 0 Å². The molecule has 0 aliphatic heterocycles. The van der Waals surface area contributed by atoms with E-state index >= 15 is 0 Å². The van der Waals surface area contributed by atoms with Gasteiger partial charge in [0.1, 0.15) is 5.75 Å². The number of benzene rings is 1. The molecule has 0 saturated heterocycles. The van der Waals surface area contributed by atoms with Crippen LogP contribution in [-0.2, 0) is 10.2 Å². The maximum Gasteiger partial charge on any atom is 0.328 e. The van der Waals surface area contributed by atoms with Crippen LogP contribution >= 0.6 is 0 Å². The zero-order valence-electron chi connectivity index (χ0n) is 10.1. The van der Waals surface area contributed by atoms with E-state index in [2.05, 4.69) is 0 Å². The molecule has 1 aromatic carbocycles. The zero-order valence-corrected chi connectivity index (χ0v) is 10.1. The first-order chi connectivity index (χ1) is 7.90. The highest BCUT2D eigenvalue weighted by atomic mass is 16.5. The molecule has 0 aromatic heterocycles. The maximum atomic E-state index is 11.1. The molecule has 0 saturated carbocycles. The Bertz CT molecular complexity index is 445. The van der Waals surface area contributed by atoms with Crippen molar-refractivity contribution in [1.29, 1.82) is 5.26 Å². The second-order valence-electron chi connectivity index (χ2n) is 4.23. The Morgan fingerprint density at radius 2 is 1.94 bits per heavy atom.